The third kappa shape index (κ3) is 19.6. The van der Waals surface area contributed by atoms with E-state index in [2.05, 4.69) is 19.2 Å². The molecule has 0 saturated carbocycles. The number of rotatable bonds is 25. The van der Waals surface area contributed by atoms with Crippen LogP contribution < -0.4 is 5.32 Å². The van der Waals surface area contributed by atoms with Gasteiger partial charge in [-0.05, 0) is 38.5 Å². The second-order valence-electron chi connectivity index (χ2n) is 11.1. The first-order valence-electron chi connectivity index (χ1n) is 15.8. The van der Waals surface area contributed by atoms with Crippen LogP contribution in [0.2, 0.25) is 0 Å². The summed E-state index contributed by atoms with van der Waals surface area (Å²) in [4.78, 5) is 24.4. The SMILES string of the molecule is CCCCCCCCC(CCCCCCCC)OC(=O)CCCCCCCCOC(=O)[C@@H]1CC(O)CN1. The molecule has 1 heterocycles. The molecule has 1 rings (SSSR count). The lowest BCUT2D eigenvalue weighted by molar-refractivity contribution is -0.150. The van der Waals surface area contributed by atoms with Gasteiger partial charge in [0.25, 0.3) is 0 Å². The van der Waals surface area contributed by atoms with Crippen molar-refractivity contribution in [2.45, 2.75) is 173 Å². The van der Waals surface area contributed by atoms with E-state index in [0.29, 0.717) is 26.0 Å². The second kappa shape index (κ2) is 23.9. The molecule has 0 aromatic rings. The summed E-state index contributed by atoms with van der Waals surface area (Å²) < 4.78 is 11.2. The van der Waals surface area contributed by atoms with Crippen molar-refractivity contribution >= 4 is 11.9 Å². The number of esters is 2. The van der Waals surface area contributed by atoms with Gasteiger partial charge in [-0.15, -0.1) is 0 Å². The Morgan fingerprint density at radius 1 is 0.757 bits per heavy atom. The minimum absolute atomic E-state index is 0.0143. The summed E-state index contributed by atoms with van der Waals surface area (Å²) in [6, 6.07) is -0.356. The average Bonchev–Trinajstić information content (AvgIpc) is 3.33. The maximum atomic E-state index is 12.5. The van der Waals surface area contributed by atoms with Crippen LogP contribution >= 0.6 is 0 Å². The number of unbranched alkanes of at least 4 members (excludes halogenated alkanes) is 15. The van der Waals surface area contributed by atoms with Crippen LogP contribution in [0.3, 0.4) is 0 Å². The highest BCUT2D eigenvalue weighted by atomic mass is 16.5. The Morgan fingerprint density at radius 2 is 1.27 bits per heavy atom. The van der Waals surface area contributed by atoms with Gasteiger partial charge in [-0.2, -0.15) is 0 Å². The zero-order chi connectivity index (χ0) is 27.0. The normalized spacial score (nSPS) is 17.4. The van der Waals surface area contributed by atoms with E-state index in [-0.39, 0.29) is 24.1 Å². The molecule has 0 radical (unpaired) electrons. The molecular formula is C31H59NO5. The topological polar surface area (TPSA) is 84.9 Å². The molecule has 1 unspecified atom stereocenters. The lowest BCUT2D eigenvalue weighted by Gasteiger charge is -2.18. The summed E-state index contributed by atoms with van der Waals surface area (Å²) in [5.74, 6) is -0.263. The van der Waals surface area contributed by atoms with Crippen molar-refractivity contribution in [1.29, 1.82) is 0 Å². The third-order valence-electron chi connectivity index (χ3n) is 7.47. The summed E-state index contributed by atoms with van der Waals surface area (Å²) in [7, 11) is 0. The van der Waals surface area contributed by atoms with Gasteiger partial charge in [-0.25, -0.2) is 0 Å². The standard InChI is InChI=1S/C31H59NO5/c1-3-5-7-9-13-17-21-28(22-18-14-10-8-6-4-2)37-30(34)23-19-15-11-12-16-20-24-36-31(35)29-25-27(33)26-32-29/h27-29,32-33H,3-26H2,1-2H3/t27?,29-/m0/s1. The summed E-state index contributed by atoms with van der Waals surface area (Å²) >= 11 is 0. The zero-order valence-corrected chi connectivity index (χ0v) is 24.3. The lowest BCUT2D eigenvalue weighted by atomic mass is 10.0. The molecule has 6 nitrogen and oxygen atoms in total. The van der Waals surface area contributed by atoms with Gasteiger partial charge in [-0.1, -0.05) is 104 Å². The Hall–Kier alpha value is -1.14. The highest BCUT2D eigenvalue weighted by Crippen LogP contribution is 2.18. The summed E-state index contributed by atoms with van der Waals surface area (Å²) in [6.07, 6.45) is 24.0. The fraction of sp³-hybridized carbons (Fsp3) is 0.935. The van der Waals surface area contributed by atoms with Crippen molar-refractivity contribution < 1.29 is 24.2 Å². The molecule has 0 spiro atoms. The highest BCUT2D eigenvalue weighted by molar-refractivity contribution is 5.76. The van der Waals surface area contributed by atoms with E-state index in [1.165, 1.54) is 77.0 Å². The maximum absolute atomic E-state index is 12.5. The molecule has 37 heavy (non-hydrogen) atoms. The molecule has 0 aromatic carbocycles. The van der Waals surface area contributed by atoms with E-state index in [4.69, 9.17) is 9.47 Å². The minimum atomic E-state index is -0.443. The zero-order valence-electron chi connectivity index (χ0n) is 24.3. The molecule has 0 aromatic heterocycles. The second-order valence-corrected chi connectivity index (χ2v) is 11.1. The Labute approximate surface area is 228 Å². The van der Waals surface area contributed by atoms with Crippen LogP contribution in [0, 0.1) is 0 Å². The molecule has 1 saturated heterocycles. The third-order valence-corrected chi connectivity index (χ3v) is 7.47. The number of aliphatic hydroxyl groups excluding tert-OH is 1. The lowest BCUT2D eigenvalue weighted by Crippen LogP contribution is -2.32. The predicted octanol–water partition coefficient (Wildman–Crippen LogP) is 7.40. The molecule has 0 aliphatic carbocycles. The number of hydrogen-bond donors (Lipinski definition) is 2. The van der Waals surface area contributed by atoms with E-state index in [9.17, 15) is 14.7 Å². The van der Waals surface area contributed by atoms with Crippen LogP contribution in [0.4, 0.5) is 0 Å². The summed E-state index contributed by atoms with van der Waals surface area (Å²) in [5, 5.41) is 12.5. The van der Waals surface area contributed by atoms with Gasteiger partial charge in [0.2, 0.25) is 0 Å². The Balaban J connectivity index is 2.08. The fourth-order valence-electron chi connectivity index (χ4n) is 5.06. The molecule has 1 fully saturated rings. The van der Waals surface area contributed by atoms with E-state index >= 15 is 0 Å². The van der Waals surface area contributed by atoms with Gasteiger partial charge in [0.15, 0.2) is 0 Å². The molecular weight excluding hydrogens is 466 g/mol. The van der Waals surface area contributed by atoms with Crippen LogP contribution in [-0.4, -0.2) is 48.4 Å². The van der Waals surface area contributed by atoms with Crippen LogP contribution in [-0.2, 0) is 19.1 Å². The monoisotopic (exact) mass is 525 g/mol. The number of hydrogen-bond acceptors (Lipinski definition) is 6. The van der Waals surface area contributed by atoms with E-state index in [1.807, 2.05) is 0 Å². The van der Waals surface area contributed by atoms with Gasteiger partial charge in [0, 0.05) is 19.4 Å². The molecule has 2 atom stereocenters. The predicted molar refractivity (Wildman–Crippen MR) is 152 cm³/mol. The molecule has 0 amide bonds. The quantitative estimate of drug-likeness (QED) is 0.0954. The van der Waals surface area contributed by atoms with Gasteiger partial charge in [0.1, 0.15) is 12.1 Å². The van der Waals surface area contributed by atoms with Gasteiger partial charge in [0.05, 0.1) is 12.7 Å². The summed E-state index contributed by atoms with van der Waals surface area (Å²) in [5.41, 5.74) is 0. The Bertz CT molecular complexity index is 540. The van der Waals surface area contributed by atoms with Crippen molar-refractivity contribution in [3.05, 3.63) is 0 Å². The molecule has 0 bridgehead atoms. The van der Waals surface area contributed by atoms with Gasteiger partial charge in [-0.3, -0.25) is 9.59 Å². The smallest absolute Gasteiger partial charge is 0.323 e. The van der Waals surface area contributed by atoms with Crippen LogP contribution in [0.15, 0.2) is 0 Å². The largest absolute Gasteiger partial charge is 0.465 e. The number of ether oxygens (including phenoxy) is 2. The fourth-order valence-corrected chi connectivity index (χ4v) is 5.06. The molecule has 1 aliphatic heterocycles. The highest BCUT2D eigenvalue weighted by Gasteiger charge is 2.29. The van der Waals surface area contributed by atoms with Crippen molar-refractivity contribution in [3.63, 3.8) is 0 Å². The van der Waals surface area contributed by atoms with Crippen LogP contribution in [0.1, 0.15) is 155 Å². The van der Waals surface area contributed by atoms with E-state index in [1.54, 1.807) is 0 Å². The molecule has 6 heteroatoms. The van der Waals surface area contributed by atoms with Crippen molar-refractivity contribution in [2.75, 3.05) is 13.2 Å². The number of carbonyl (C=O) groups is 2. The van der Waals surface area contributed by atoms with Gasteiger partial charge < -0.3 is 19.9 Å². The first-order valence-corrected chi connectivity index (χ1v) is 15.8. The van der Waals surface area contributed by atoms with Crippen molar-refractivity contribution in [2.24, 2.45) is 0 Å². The van der Waals surface area contributed by atoms with Crippen LogP contribution in [0.25, 0.3) is 0 Å². The summed E-state index contributed by atoms with van der Waals surface area (Å²) in [6.45, 7) is 5.40. The Kier molecular flexibility index (Phi) is 21.9. The Morgan fingerprint density at radius 3 is 1.81 bits per heavy atom. The van der Waals surface area contributed by atoms with E-state index in [0.717, 1.165) is 51.4 Å². The number of aliphatic hydroxyl groups is 1. The maximum Gasteiger partial charge on any atom is 0.323 e. The van der Waals surface area contributed by atoms with Gasteiger partial charge >= 0.3 is 11.9 Å². The number of nitrogens with one attached hydrogen (secondary N) is 1. The molecule has 218 valence electrons. The molecule has 2 N–H and O–H groups in total. The van der Waals surface area contributed by atoms with Crippen molar-refractivity contribution in [3.8, 4) is 0 Å². The van der Waals surface area contributed by atoms with Crippen molar-refractivity contribution in [1.82, 2.24) is 5.32 Å². The first-order chi connectivity index (χ1) is 18.1. The first kappa shape index (κ1) is 33.9. The average molecular weight is 526 g/mol. The van der Waals surface area contributed by atoms with Crippen LogP contribution in [0.5, 0.6) is 0 Å². The number of carbonyl (C=O) groups excluding carboxylic acids is 2. The number of β-amino-alcohol motifs (C(OH)–C–C–N with tert-alkyl or cyclic N) is 1. The van der Waals surface area contributed by atoms with E-state index < -0.39 is 6.10 Å². The molecule has 1 aliphatic rings. The minimum Gasteiger partial charge on any atom is -0.465 e.